The summed E-state index contributed by atoms with van der Waals surface area (Å²) in [7, 11) is 1.63. The highest BCUT2D eigenvalue weighted by Crippen LogP contribution is 2.33. The van der Waals surface area contributed by atoms with E-state index in [2.05, 4.69) is 21.8 Å². The molecule has 2 N–H and O–H groups in total. The molecule has 1 aromatic heterocycles. The van der Waals surface area contributed by atoms with Gasteiger partial charge in [-0.2, -0.15) is 4.98 Å². The first kappa shape index (κ1) is 15.4. The number of piperidine rings is 1. The van der Waals surface area contributed by atoms with E-state index in [-0.39, 0.29) is 0 Å². The van der Waals surface area contributed by atoms with Crippen molar-refractivity contribution in [3.63, 3.8) is 0 Å². The van der Waals surface area contributed by atoms with E-state index in [0.717, 1.165) is 43.4 Å². The van der Waals surface area contributed by atoms with Gasteiger partial charge in [-0.05, 0) is 43.0 Å². The molecule has 122 valence electrons. The summed E-state index contributed by atoms with van der Waals surface area (Å²) in [6.45, 7) is 4.20. The highest BCUT2D eigenvalue weighted by Gasteiger charge is 2.21. The van der Waals surface area contributed by atoms with Crippen molar-refractivity contribution in [2.24, 2.45) is 5.92 Å². The molecule has 0 saturated carbocycles. The van der Waals surface area contributed by atoms with Crippen LogP contribution >= 0.6 is 0 Å². The number of methoxy groups -OCH3 is 1. The van der Waals surface area contributed by atoms with Crippen molar-refractivity contribution in [3.05, 3.63) is 30.6 Å². The summed E-state index contributed by atoms with van der Waals surface area (Å²) >= 11 is 0. The van der Waals surface area contributed by atoms with Crippen LogP contribution < -0.4 is 20.1 Å². The molecule has 0 unspecified atom stereocenters. The quantitative estimate of drug-likeness (QED) is 0.935. The van der Waals surface area contributed by atoms with E-state index < -0.39 is 0 Å². The van der Waals surface area contributed by atoms with Gasteiger partial charge in [0.2, 0.25) is 5.88 Å². The average molecular weight is 314 g/mol. The number of hydrogen-bond acceptors (Lipinski definition) is 6. The molecule has 0 radical (unpaired) electrons. The predicted molar refractivity (Wildman–Crippen MR) is 90.1 cm³/mol. The molecule has 0 spiro atoms. The third kappa shape index (κ3) is 3.47. The van der Waals surface area contributed by atoms with E-state index in [0.29, 0.717) is 17.3 Å². The summed E-state index contributed by atoms with van der Waals surface area (Å²) < 4.78 is 10.9. The smallest absolute Gasteiger partial charge is 0.248 e. The Morgan fingerprint density at radius 1 is 1.09 bits per heavy atom. The van der Waals surface area contributed by atoms with Crippen LogP contribution in [0.25, 0.3) is 0 Å². The Kier molecular flexibility index (Phi) is 4.50. The number of nitrogens with zero attached hydrogens (tertiary/aromatic N) is 3. The third-order valence-electron chi connectivity index (χ3n) is 4.18. The Labute approximate surface area is 136 Å². The molecule has 1 fully saturated rings. The average Bonchev–Trinajstić information content (AvgIpc) is 2.58. The zero-order valence-corrected chi connectivity index (χ0v) is 13.5. The molecule has 3 rings (SSSR count). The molecule has 0 aliphatic carbocycles. The van der Waals surface area contributed by atoms with Crippen molar-refractivity contribution < 1.29 is 9.47 Å². The molecule has 2 heterocycles. The van der Waals surface area contributed by atoms with Gasteiger partial charge in [0.15, 0.2) is 5.82 Å². The van der Waals surface area contributed by atoms with Gasteiger partial charge in [0, 0.05) is 13.1 Å². The maximum Gasteiger partial charge on any atom is 0.248 e. The summed E-state index contributed by atoms with van der Waals surface area (Å²) in [5.41, 5.74) is 6.72. The van der Waals surface area contributed by atoms with Crippen LogP contribution in [0, 0.1) is 5.92 Å². The zero-order valence-electron chi connectivity index (χ0n) is 13.5. The Bertz CT molecular complexity index is 652. The first-order valence-electron chi connectivity index (χ1n) is 7.84. The summed E-state index contributed by atoms with van der Waals surface area (Å²) in [6.07, 6.45) is 3.80. The van der Waals surface area contributed by atoms with Crippen molar-refractivity contribution >= 4 is 11.5 Å². The molecule has 1 aromatic carbocycles. The van der Waals surface area contributed by atoms with Crippen molar-refractivity contribution in [1.82, 2.24) is 9.97 Å². The minimum Gasteiger partial charge on any atom is -0.497 e. The van der Waals surface area contributed by atoms with E-state index in [9.17, 15) is 0 Å². The van der Waals surface area contributed by atoms with Gasteiger partial charge in [-0.1, -0.05) is 6.92 Å². The van der Waals surface area contributed by atoms with Crippen LogP contribution in [0.4, 0.5) is 11.5 Å². The summed E-state index contributed by atoms with van der Waals surface area (Å²) in [4.78, 5) is 10.7. The Morgan fingerprint density at radius 2 is 1.74 bits per heavy atom. The summed E-state index contributed by atoms with van der Waals surface area (Å²) in [5, 5.41) is 0. The van der Waals surface area contributed by atoms with Gasteiger partial charge in [0.25, 0.3) is 0 Å². The van der Waals surface area contributed by atoms with Gasteiger partial charge in [-0.15, -0.1) is 0 Å². The Morgan fingerprint density at radius 3 is 2.39 bits per heavy atom. The third-order valence-corrected chi connectivity index (χ3v) is 4.18. The molecule has 0 atom stereocenters. The van der Waals surface area contributed by atoms with Crippen LogP contribution in [-0.4, -0.2) is 30.2 Å². The minimum absolute atomic E-state index is 0.388. The van der Waals surface area contributed by atoms with Crippen molar-refractivity contribution in [1.29, 1.82) is 0 Å². The second-order valence-corrected chi connectivity index (χ2v) is 5.86. The fraction of sp³-hybridized carbons (Fsp3) is 0.412. The van der Waals surface area contributed by atoms with E-state index in [1.165, 1.54) is 6.33 Å². The van der Waals surface area contributed by atoms with E-state index >= 15 is 0 Å². The number of anilines is 2. The lowest BCUT2D eigenvalue weighted by Crippen LogP contribution is -2.34. The number of hydrogen-bond donors (Lipinski definition) is 1. The maximum atomic E-state index is 6.24. The van der Waals surface area contributed by atoms with Crippen LogP contribution in [0.15, 0.2) is 30.6 Å². The highest BCUT2D eigenvalue weighted by molar-refractivity contribution is 5.68. The summed E-state index contributed by atoms with van der Waals surface area (Å²) in [6, 6.07) is 7.31. The van der Waals surface area contributed by atoms with E-state index in [4.69, 9.17) is 15.2 Å². The SMILES string of the molecule is COc1ccc(Oc2ncnc(N3CCC(C)CC3)c2N)cc1. The minimum atomic E-state index is 0.388. The van der Waals surface area contributed by atoms with Gasteiger partial charge in [0.1, 0.15) is 23.5 Å². The van der Waals surface area contributed by atoms with Gasteiger partial charge >= 0.3 is 0 Å². The van der Waals surface area contributed by atoms with Crippen LogP contribution in [0.5, 0.6) is 17.4 Å². The number of rotatable bonds is 4. The first-order valence-corrected chi connectivity index (χ1v) is 7.84. The second-order valence-electron chi connectivity index (χ2n) is 5.86. The molecule has 1 aliphatic heterocycles. The topological polar surface area (TPSA) is 73.5 Å². The molecule has 23 heavy (non-hydrogen) atoms. The molecular formula is C17H22N4O2. The van der Waals surface area contributed by atoms with Gasteiger partial charge in [-0.25, -0.2) is 4.98 Å². The van der Waals surface area contributed by atoms with Gasteiger partial charge in [-0.3, -0.25) is 0 Å². The fourth-order valence-corrected chi connectivity index (χ4v) is 2.68. The van der Waals surface area contributed by atoms with E-state index in [1.807, 2.05) is 24.3 Å². The largest absolute Gasteiger partial charge is 0.497 e. The molecule has 6 nitrogen and oxygen atoms in total. The van der Waals surface area contributed by atoms with Crippen LogP contribution in [0.1, 0.15) is 19.8 Å². The monoisotopic (exact) mass is 314 g/mol. The Balaban J connectivity index is 1.78. The lowest BCUT2D eigenvalue weighted by atomic mass is 9.99. The first-order chi connectivity index (χ1) is 11.2. The predicted octanol–water partition coefficient (Wildman–Crippen LogP) is 3.10. The fourth-order valence-electron chi connectivity index (χ4n) is 2.68. The number of aromatic nitrogens is 2. The Hall–Kier alpha value is -2.50. The number of ether oxygens (including phenoxy) is 2. The number of benzene rings is 1. The number of nitrogen functional groups attached to an aromatic ring is 1. The lowest BCUT2D eigenvalue weighted by Gasteiger charge is -2.31. The highest BCUT2D eigenvalue weighted by atomic mass is 16.5. The standard InChI is InChI=1S/C17H22N4O2/c1-12-7-9-21(10-8-12)16-15(18)17(20-11-19-16)23-14-5-3-13(22-2)4-6-14/h3-6,11-12H,7-10,18H2,1-2H3. The zero-order chi connectivity index (χ0) is 16.2. The van der Waals surface area contributed by atoms with E-state index in [1.54, 1.807) is 7.11 Å². The van der Waals surface area contributed by atoms with Crippen molar-refractivity contribution in [2.75, 3.05) is 30.8 Å². The molecule has 6 heteroatoms. The normalized spacial score (nSPS) is 15.5. The lowest BCUT2D eigenvalue weighted by molar-refractivity contribution is 0.412. The molecule has 0 bridgehead atoms. The van der Waals surface area contributed by atoms with Gasteiger partial charge in [0.05, 0.1) is 7.11 Å². The maximum absolute atomic E-state index is 6.24. The van der Waals surface area contributed by atoms with Gasteiger partial charge < -0.3 is 20.1 Å². The molecule has 2 aromatic rings. The number of nitrogens with two attached hydrogens (primary N) is 1. The van der Waals surface area contributed by atoms with Crippen molar-refractivity contribution in [3.8, 4) is 17.4 Å². The molecular weight excluding hydrogens is 292 g/mol. The van der Waals surface area contributed by atoms with Crippen LogP contribution in [0.3, 0.4) is 0 Å². The van der Waals surface area contributed by atoms with Crippen molar-refractivity contribution in [2.45, 2.75) is 19.8 Å². The van der Waals surface area contributed by atoms with Crippen LogP contribution in [-0.2, 0) is 0 Å². The molecule has 1 saturated heterocycles. The second kappa shape index (κ2) is 6.73. The molecule has 1 aliphatic rings. The molecule has 0 amide bonds. The summed E-state index contributed by atoms with van der Waals surface area (Å²) in [5.74, 6) is 3.34. The van der Waals surface area contributed by atoms with Crippen LogP contribution in [0.2, 0.25) is 0 Å².